The average Bonchev–Trinajstić information content (AvgIpc) is 3.22. The van der Waals surface area contributed by atoms with Crippen molar-refractivity contribution < 1.29 is 0 Å². The molecule has 0 aliphatic rings. The SMILES string of the molecule is Cc1ccc(-n2c(-c3ccccc3)nc(-c3ccccc3)c2-c2ccccc2)cc1. The van der Waals surface area contributed by atoms with E-state index in [2.05, 4.69) is 115 Å². The molecule has 0 saturated carbocycles. The van der Waals surface area contributed by atoms with Crippen LogP contribution in [0.15, 0.2) is 115 Å². The molecule has 0 N–H and O–H groups in total. The van der Waals surface area contributed by atoms with Crippen LogP contribution in [0, 0.1) is 6.92 Å². The van der Waals surface area contributed by atoms with Gasteiger partial charge in [0.25, 0.3) is 0 Å². The molecule has 1 heterocycles. The van der Waals surface area contributed by atoms with Crippen molar-refractivity contribution in [2.45, 2.75) is 6.92 Å². The first-order valence-electron chi connectivity index (χ1n) is 10.2. The maximum atomic E-state index is 5.19. The Morgan fingerprint density at radius 3 is 1.60 bits per heavy atom. The van der Waals surface area contributed by atoms with Crippen LogP contribution < -0.4 is 0 Å². The Kier molecular flexibility index (Phi) is 4.74. The highest BCUT2D eigenvalue weighted by Crippen LogP contribution is 2.38. The van der Waals surface area contributed by atoms with Gasteiger partial charge < -0.3 is 0 Å². The Balaban J connectivity index is 1.88. The summed E-state index contributed by atoms with van der Waals surface area (Å²) in [6.45, 7) is 2.11. The van der Waals surface area contributed by atoms with E-state index in [0.717, 1.165) is 39.6 Å². The lowest BCUT2D eigenvalue weighted by molar-refractivity contribution is 1.07. The van der Waals surface area contributed by atoms with Crippen molar-refractivity contribution in [3.8, 4) is 39.6 Å². The lowest BCUT2D eigenvalue weighted by Gasteiger charge is -2.14. The predicted octanol–water partition coefficient (Wildman–Crippen LogP) is 7.18. The number of hydrogen-bond acceptors (Lipinski definition) is 1. The number of aryl methyl sites for hydroxylation is 1. The summed E-state index contributed by atoms with van der Waals surface area (Å²) in [5.74, 6) is 0.942. The molecule has 0 radical (unpaired) electrons. The Hall–Kier alpha value is -3.91. The molecule has 1 aromatic heterocycles. The second kappa shape index (κ2) is 7.84. The van der Waals surface area contributed by atoms with Crippen LogP contribution in [0.5, 0.6) is 0 Å². The molecule has 0 aliphatic heterocycles. The number of aromatic nitrogens is 2. The van der Waals surface area contributed by atoms with E-state index in [1.54, 1.807) is 0 Å². The van der Waals surface area contributed by atoms with Gasteiger partial charge >= 0.3 is 0 Å². The highest BCUT2D eigenvalue weighted by atomic mass is 15.1. The molecule has 2 nitrogen and oxygen atoms in total. The molecule has 2 heteroatoms. The van der Waals surface area contributed by atoms with E-state index < -0.39 is 0 Å². The minimum atomic E-state index is 0.942. The monoisotopic (exact) mass is 386 g/mol. The summed E-state index contributed by atoms with van der Waals surface area (Å²) in [7, 11) is 0. The zero-order valence-corrected chi connectivity index (χ0v) is 16.9. The topological polar surface area (TPSA) is 17.8 Å². The van der Waals surface area contributed by atoms with E-state index in [1.165, 1.54) is 5.56 Å². The number of hydrogen-bond donors (Lipinski definition) is 0. The Morgan fingerprint density at radius 2 is 1.03 bits per heavy atom. The van der Waals surface area contributed by atoms with Gasteiger partial charge in [-0.2, -0.15) is 0 Å². The van der Waals surface area contributed by atoms with Crippen LogP contribution in [0.25, 0.3) is 39.6 Å². The molecule has 0 aliphatic carbocycles. The van der Waals surface area contributed by atoms with Crippen LogP contribution in [-0.4, -0.2) is 9.55 Å². The van der Waals surface area contributed by atoms with E-state index in [4.69, 9.17) is 4.98 Å². The Bertz CT molecular complexity index is 1250. The van der Waals surface area contributed by atoms with Crippen molar-refractivity contribution in [3.63, 3.8) is 0 Å². The van der Waals surface area contributed by atoms with Crippen LogP contribution in [0.1, 0.15) is 5.56 Å². The van der Waals surface area contributed by atoms with E-state index in [1.807, 2.05) is 12.1 Å². The highest BCUT2D eigenvalue weighted by Gasteiger charge is 2.22. The lowest BCUT2D eigenvalue weighted by atomic mass is 10.0. The maximum Gasteiger partial charge on any atom is 0.145 e. The van der Waals surface area contributed by atoms with Gasteiger partial charge in [0.1, 0.15) is 5.82 Å². The first kappa shape index (κ1) is 18.1. The van der Waals surface area contributed by atoms with E-state index in [9.17, 15) is 0 Å². The molecule has 0 spiro atoms. The zero-order valence-electron chi connectivity index (χ0n) is 16.9. The predicted molar refractivity (Wildman–Crippen MR) is 125 cm³/mol. The molecule has 4 aromatic carbocycles. The fraction of sp³-hybridized carbons (Fsp3) is 0.0357. The summed E-state index contributed by atoms with van der Waals surface area (Å²) >= 11 is 0. The summed E-state index contributed by atoms with van der Waals surface area (Å²) in [5.41, 5.74) is 7.78. The zero-order chi connectivity index (χ0) is 20.3. The first-order valence-corrected chi connectivity index (χ1v) is 10.2. The van der Waals surface area contributed by atoms with Crippen molar-refractivity contribution in [2.75, 3.05) is 0 Å². The summed E-state index contributed by atoms with van der Waals surface area (Å²) in [6.07, 6.45) is 0. The van der Waals surface area contributed by atoms with Crippen LogP contribution >= 0.6 is 0 Å². The lowest BCUT2D eigenvalue weighted by Crippen LogP contribution is -2.00. The Labute approximate surface area is 177 Å². The van der Waals surface area contributed by atoms with E-state index >= 15 is 0 Å². The van der Waals surface area contributed by atoms with E-state index in [-0.39, 0.29) is 0 Å². The van der Waals surface area contributed by atoms with Gasteiger partial charge in [0.05, 0.1) is 11.4 Å². The number of rotatable bonds is 4. The standard InChI is InChI=1S/C28H22N2/c1-21-17-19-25(20-18-21)30-27(23-13-7-3-8-14-23)26(22-11-5-2-6-12-22)29-28(30)24-15-9-4-10-16-24/h2-20H,1H3. The average molecular weight is 386 g/mol. The van der Waals surface area contributed by atoms with Crippen LogP contribution in [0.2, 0.25) is 0 Å². The summed E-state index contributed by atoms with van der Waals surface area (Å²) in [4.78, 5) is 5.19. The van der Waals surface area contributed by atoms with Crippen LogP contribution in [0.3, 0.4) is 0 Å². The third-order valence-corrected chi connectivity index (χ3v) is 5.30. The maximum absolute atomic E-state index is 5.19. The molecular formula is C28H22N2. The molecule has 0 fully saturated rings. The van der Waals surface area contributed by atoms with Gasteiger partial charge in [0, 0.05) is 22.4 Å². The van der Waals surface area contributed by atoms with Crippen molar-refractivity contribution in [2.24, 2.45) is 0 Å². The van der Waals surface area contributed by atoms with Gasteiger partial charge in [-0.05, 0) is 19.1 Å². The largest absolute Gasteiger partial charge is 0.292 e. The normalized spacial score (nSPS) is 10.8. The third kappa shape index (κ3) is 3.33. The molecule has 0 bridgehead atoms. The minimum absolute atomic E-state index is 0.942. The summed E-state index contributed by atoms with van der Waals surface area (Å²) < 4.78 is 2.28. The fourth-order valence-electron chi connectivity index (χ4n) is 3.81. The second-order valence-corrected chi connectivity index (χ2v) is 7.40. The Morgan fingerprint density at radius 1 is 0.533 bits per heavy atom. The van der Waals surface area contributed by atoms with Gasteiger partial charge in [-0.25, -0.2) is 4.98 Å². The minimum Gasteiger partial charge on any atom is -0.292 e. The van der Waals surface area contributed by atoms with Gasteiger partial charge in [0.15, 0.2) is 0 Å². The van der Waals surface area contributed by atoms with Crippen LogP contribution in [-0.2, 0) is 0 Å². The van der Waals surface area contributed by atoms with Gasteiger partial charge in [-0.15, -0.1) is 0 Å². The number of nitrogens with zero attached hydrogens (tertiary/aromatic N) is 2. The second-order valence-electron chi connectivity index (χ2n) is 7.40. The highest BCUT2D eigenvalue weighted by molar-refractivity contribution is 5.84. The van der Waals surface area contributed by atoms with Crippen molar-refractivity contribution in [1.82, 2.24) is 9.55 Å². The first-order chi connectivity index (χ1) is 14.8. The van der Waals surface area contributed by atoms with Gasteiger partial charge in [-0.3, -0.25) is 4.57 Å². The van der Waals surface area contributed by atoms with Crippen molar-refractivity contribution >= 4 is 0 Å². The molecular weight excluding hydrogens is 364 g/mol. The molecule has 0 unspecified atom stereocenters. The number of imidazole rings is 1. The molecule has 0 saturated heterocycles. The molecule has 144 valence electrons. The molecule has 0 amide bonds. The molecule has 0 atom stereocenters. The molecule has 5 aromatic rings. The molecule has 30 heavy (non-hydrogen) atoms. The number of benzene rings is 4. The smallest absolute Gasteiger partial charge is 0.145 e. The van der Waals surface area contributed by atoms with E-state index in [0.29, 0.717) is 0 Å². The van der Waals surface area contributed by atoms with Crippen molar-refractivity contribution in [3.05, 3.63) is 121 Å². The summed E-state index contributed by atoms with van der Waals surface area (Å²) in [5, 5.41) is 0. The van der Waals surface area contributed by atoms with Crippen LogP contribution in [0.4, 0.5) is 0 Å². The third-order valence-electron chi connectivity index (χ3n) is 5.30. The quantitative estimate of drug-likeness (QED) is 0.320. The van der Waals surface area contributed by atoms with Gasteiger partial charge in [0.2, 0.25) is 0 Å². The summed E-state index contributed by atoms with van der Waals surface area (Å²) in [6, 6.07) is 40.0. The fourth-order valence-corrected chi connectivity index (χ4v) is 3.81. The van der Waals surface area contributed by atoms with Gasteiger partial charge in [-0.1, -0.05) is 109 Å². The molecule has 5 rings (SSSR count). The van der Waals surface area contributed by atoms with Crippen molar-refractivity contribution in [1.29, 1.82) is 0 Å².